The van der Waals surface area contributed by atoms with Crippen LogP contribution in [0, 0.1) is 0 Å². The molecule has 1 atom stereocenters. The first-order chi connectivity index (χ1) is 10.6. The van der Waals surface area contributed by atoms with Crippen molar-refractivity contribution in [3.05, 3.63) is 34.9 Å². The molecule has 0 saturated carbocycles. The Morgan fingerprint density at radius 2 is 1.74 bits per heavy atom. The van der Waals surface area contributed by atoms with Gasteiger partial charge in [-0.25, -0.2) is 9.59 Å². The fourth-order valence-electron chi connectivity index (χ4n) is 1.66. The van der Waals surface area contributed by atoms with Crippen LogP contribution in [0.25, 0.3) is 0 Å². The van der Waals surface area contributed by atoms with E-state index in [1.807, 2.05) is 0 Å². The van der Waals surface area contributed by atoms with Gasteiger partial charge in [0.05, 0.1) is 6.61 Å². The Bertz CT molecular complexity index is 577. The van der Waals surface area contributed by atoms with E-state index >= 15 is 0 Å². The number of Topliss-reactive ketones (excluding diaryl/α,β-unsaturated/α-hetero) is 1. The van der Waals surface area contributed by atoms with Crippen LogP contribution < -0.4 is 5.32 Å². The third kappa shape index (κ3) is 6.28. The van der Waals surface area contributed by atoms with Crippen molar-refractivity contribution in [3.63, 3.8) is 0 Å². The SMILES string of the molecule is CCOC(=O)[C@@H](NC(=O)OC(C)(C)C)C(=O)c1ccc(Cl)cc1. The Labute approximate surface area is 140 Å². The molecule has 0 fully saturated rings. The monoisotopic (exact) mass is 341 g/mol. The van der Waals surface area contributed by atoms with Crippen LogP contribution in [0.3, 0.4) is 0 Å². The Hall–Kier alpha value is -2.08. The molecule has 1 rings (SSSR count). The number of alkyl carbamates (subject to hydrolysis) is 1. The Balaban J connectivity index is 2.96. The van der Waals surface area contributed by atoms with Gasteiger partial charge in [-0.15, -0.1) is 0 Å². The number of halogens is 1. The molecule has 7 heteroatoms. The molecule has 0 spiro atoms. The lowest BCUT2D eigenvalue weighted by Crippen LogP contribution is -2.49. The lowest BCUT2D eigenvalue weighted by atomic mass is 10.0. The Morgan fingerprint density at radius 1 is 1.17 bits per heavy atom. The van der Waals surface area contributed by atoms with Gasteiger partial charge >= 0.3 is 12.1 Å². The minimum absolute atomic E-state index is 0.0826. The molecule has 0 aliphatic carbocycles. The molecule has 0 saturated heterocycles. The van der Waals surface area contributed by atoms with E-state index in [4.69, 9.17) is 21.1 Å². The number of amides is 1. The summed E-state index contributed by atoms with van der Waals surface area (Å²) in [5.74, 6) is -1.45. The number of nitrogens with one attached hydrogen (secondary N) is 1. The van der Waals surface area contributed by atoms with Crippen LogP contribution in [0.4, 0.5) is 4.79 Å². The first-order valence-electron chi connectivity index (χ1n) is 7.10. The average Bonchev–Trinajstić information content (AvgIpc) is 2.43. The quantitative estimate of drug-likeness (QED) is 0.506. The van der Waals surface area contributed by atoms with Gasteiger partial charge in [0, 0.05) is 10.6 Å². The number of rotatable bonds is 5. The molecule has 23 heavy (non-hydrogen) atoms. The second-order valence-electron chi connectivity index (χ2n) is 5.70. The number of carbonyl (C=O) groups excluding carboxylic acids is 3. The molecule has 1 N–H and O–H groups in total. The number of hydrogen-bond donors (Lipinski definition) is 1. The van der Waals surface area contributed by atoms with Crippen molar-refractivity contribution in [2.45, 2.75) is 39.3 Å². The second kappa shape index (κ2) is 7.97. The highest BCUT2D eigenvalue weighted by atomic mass is 35.5. The lowest BCUT2D eigenvalue weighted by Gasteiger charge is -2.22. The summed E-state index contributed by atoms with van der Waals surface area (Å²) in [4.78, 5) is 36.3. The van der Waals surface area contributed by atoms with Crippen LogP contribution in [0.15, 0.2) is 24.3 Å². The van der Waals surface area contributed by atoms with Crippen molar-refractivity contribution in [1.82, 2.24) is 5.32 Å². The molecule has 126 valence electrons. The van der Waals surface area contributed by atoms with Gasteiger partial charge in [-0.3, -0.25) is 4.79 Å². The van der Waals surface area contributed by atoms with Crippen molar-refractivity contribution in [3.8, 4) is 0 Å². The highest BCUT2D eigenvalue weighted by Gasteiger charge is 2.32. The summed E-state index contributed by atoms with van der Waals surface area (Å²) in [5, 5.41) is 2.71. The second-order valence-corrected chi connectivity index (χ2v) is 6.14. The fraction of sp³-hybridized carbons (Fsp3) is 0.438. The smallest absolute Gasteiger partial charge is 0.408 e. The third-order valence-electron chi connectivity index (χ3n) is 2.57. The van der Waals surface area contributed by atoms with E-state index in [1.54, 1.807) is 27.7 Å². The van der Waals surface area contributed by atoms with Gasteiger partial charge < -0.3 is 14.8 Å². The molecule has 1 aromatic carbocycles. The average molecular weight is 342 g/mol. The number of carbonyl (C=O) groups is 3. The van der Waals surface area contributed by atoms with Crippen LogP contribution in [0.1, 0.15) is 38.1 Å². The van der Waals surface area contributed by atoms with Gasteiger partial charge in [0.2, 0.25) is 0 Å². The maximum atomic E-state index is 12.5. The lowest BCUT2D eigenvalue weighted by molar-refractivity contribution is -0.144. The maximum Gasteiger partial charge on any atom is 0.408 e. The van der Waals surface area contributed by atoms with Gasteiger partial charge in [0.25, 0.3) is 0 Å². The molecule has 6 nitrogen and oxygen atoms in total. The fourth-order valence-corrected chi connectivity index (χ4v) is 1.79. The van der Waals surface area contributed by atoms with Crippen LogP contribution in [-0.2, 0) is 14.3 Å². The highest BCUT2D eigenvalue weighted by Crippen LogP contribution is 2.13. The molecular weight excluding hydrogens is 322 g/mol. The van der Waals surface area contributed by atoms with E-state index in [0.717, 1.165) is 0 Å². The van der Waals surface area contributed by atoms with Crippen LogP contribution in [0.5, 0.6) is 0 Å². The van der Waals surface area contributed by atoms with E-state index in [-0.39, 0.29) is 12.2 Å². The van der Waals surface area contributed by atoms with Gasteiger partial charge in [0.15, 0.2) is 11.8 Å². The molecule has 0 heterocycles. The van der Waals surface area contributed by atoms with Crippen LogP contribution in [-0.4, -0.2) is 36.1 Å². The zero-order valence-electron chi connectivity index (χ0n) is 13.5. The van der Waals surface area contributed by atoms with Crippen molar-refractivity contribution in [2.75, 3.05) is 6.61 Å². The predicted octanol–water partition coefficient (Wildman–Crippen LogP) is 2.98. The standard InChI is InChI=1S/C16H20ClNO5/c1-5-22-14(20)12(18-15(21)23-16(2,3)4)13(19)10-6-8-11(17)9-7-10/h6-9,12H,5H2,1-4H3,(H,18,21)/t12-/m0/s1. The zero-order chi connectivity index (χ0) is 17.6. The van der Waals surface area contributed by atoms with Crippen LogP contribution in [0.2, 0.25) is 5.02 Å². The molecule has 0 aromatic heterocycles. The van der Waals surface area contributed by atoms with Crippen molar-refractivity contribution >= 4 is 29.4 Å². The molecular formula is C16H20ClNO5. The summed E-state index contributed by atoms with van der Waals surface area (Å²) in [7, 11) is 0. The largest absolute Gasteiger partial charge is 0.464 e. The summed E-state index contributed by atoms with van der Waals surface area (Å²) < 4.78 is 9.92. The van der Waals surface area contributed by atoms with Gasteiger partial charge in [-0.1, -0.05) is 11.6 Å². The number of benzene rings is 1. The molecule has 0 bridgehead atoms. The minimum atomic E-state index is -1.48. The van der Waals surface area contributed by atoms with E-state index in [9.17, 15) is 14.4 Å². The number of hydrogen-bond acceptors (Lipinski definition) is 5. The topological polar surface area (TPSA) is 81.7 Å². The first-order valence-corrected chi connectivity index (χ1v) is 7.47. The predicted molar refractivity (Wildman–Crippen MR) is 85.6 cm³/mol. The highest BCUT2D eigenvalue weighted by molar-refractivity contribution is 6.30. The van der Waals surface area contributed by atoms with E-state index < -0.39 is 29.5 Å². The summed E-state index contributed by atoms with van der Waals surface area (Å²) in [6.07, 6.45) is -0.877. The Kier molecular flexibility index (Phi) is 6.57. The van der Waals surface area contributed by atoms with Crippen molar-refractivity contribution < 1.29 is 23.9 Å². The van der Waals surface area contributed by atoms with Crippen molar-refractivity contribution in [2.24, 2.45) is 0 Å². The molecule has 0 unspecified atom stereocenters. The minimum Gasteiger partial charge on any atom is -0.464 e. The van der Waals surface area contributed by atoms with Gasteiger partial charge in [-0.05, 0) is 52.0 Å². The summed E-state index contributed by atoms with van der Waals surface area (Å²) in [6, 6.07) is 4.49. The normalized spacial score (nSPS) is 12.2. The van der Waals surface area contributed by atoms with Crippen LogP contribution >= 0.6 is 11.6 Å². The summed E-state index contributed by atoms with van der Waals surface area (Å²) >= 11 is 5.77. The first kappa shape index (κ1) is 19.0. The molecule has 0 aliphatic rings. The van der Waals surface area contributed by atoms with E-state index in [2.05, 4.69) is 5.32 Å². The number of esters is 1. The van der Waals surface area contributed by atoms with Gasteiger partial charge in [-0.2, -0.15) is 0 Å². The molecule has 0 aliphatic heterocycles. The number of ether oxygens (including phenoxy) is 2. The zero-order valence-corrected chi connectivity index (χ0v) is 14.3. The maximum absolute atomic E-state index is 12.5. The third-order valence-corrected chi connectivity index (χ3v) is 2.83. The molecule has 0 radical (unpaired) electrons. The van der Waals surface area contributed by atoms with Crippen molar-refractivity contribution in [1.29, 1.82) is 0 Å². The van der Waals surface area contributed by atoms with E-state index in [0.29, 0.717) is 5.02 Å². The molecule has 1 aromatic rings. The molecule has 1 amide bonds. The number of ketones is 1. The van der Waals surface area contributed by atoms with E-state index in [1.165, 1.54) is 24.3 Å². The van der Waals surface area contributed by atoms with Gasteiger partial charge in [0.1, 0.15) is 5.60 Å². The summed E-state index contributed by atoms with van der Waals surface area (Å²) in [6.45, 7) is 6.71. The summed E-state index contributed by atoms with van der Waals surface area (Å²) in [5.41, 5.74) is -0.532. The Morgan fingerprint density at radius 3 is 2.22 bits per heavy atom.